The van der Waals surface area contributed by atoms with E-state index in [0.717, 1.165) is 68.6 Å². The summed E-state index contributed by atoms with van der Waals surface area (Å²) in [4.78, 5) is 6.97. The standard InChI is InChI=1S/C21H32FN7/c1-4-5-11-23-21(24-14-20-27-26-16(2)28(20)3)25-18-9-7-12-29(15-18)19-10-6-8-17(22)13-19/h6,8,10,13,18H,4-5,7,9,11-12,14-15H2,1-3H3,(H2,23,24,25). The summed E-state index contributed by atoms with van der Waals surface area (Å²) in [7, 11) is 1.95. The van der Waals surface area contributed by atoms with Crippen LogP contribution in [-0.4, -0.2) is 46.4 Å². The van der Waals surface area contributed by atoms with Crippen LogP contribution in [0.15, 0.2) is 29.3 Å². The molecule has 2 N–H and O–H groups in total. The third kappa shape index (κ3) is 5.92. The average molecular weight is 402 g/mol. The van der Waals surface area contributed by atoms with E-state index < -0.39 is 0 Å². The minimum Gasteiger partial charge on any atom is -0.369 e. The maximum absolute atomic E-state index is 13.6. The van der Waals surface area contributed by atoms with E-state index in [2.05, 4.69) is 32.7 Å². The molecular formula is C21H32FN7. The van der Waals surface area contributed by atoms with Crippen LogP contribution in [0.1, 0.15) is 44.3 Å². The lowest BCUT2D eigenvalue weighted by Crippen LogP contribution is -2.51. The summed E-state index contributed by atoms with van der Waals surface area (Å²) >= 11 is 0. The summed E-state index contributed by atoms with van der Waals surface area (Å²) in [6, 6.07) is 7.08. The molecule has 2 heterocycles. The number of guanidine groups is 1. The molecule has 0 spiro atoms. The second-order valence-corrected chi connectivity index (χ2v) is 7.58. The van der Waals surface area contributed by atoms with Gasteiger partial charge in [0.05, 0.1) is 0 Å². The zero-order valence-electron chi connectivity index (χ0n) is 17.7. The quantitative estimate of drug-likeness (QED) is 0.424. The molecule has 1 saturated heterocycles. The van der Waals surface area contributed by atoms with Gasteiger partial charge in [0, 0.05) is 38.4 Å². The van der Waals surface area contributed by atoms with E-state index in [4.69, 9.17) is 4.99 Å². The topological polar surface area (TPSA) is 70.4 Å². The fraction of sp³-hybridized carbons (Fsp3) is 0.571. The van der Waals surface area contributed by atoms with Crippen LogP contribution in [0.3, 0.4) is 0 Å². The summed E-state index contributed by atoms with van der Waals surface area (Å²) in [5.74, 6) is 2.32. The number of anilines is 1. The highest BCUT2D eigenvalue weighted by molar-refractivity contribution is 5.80. The minimum atomic E-state index is -0.194. The van der Waals surface area contributed by atoms with Gasteiger partial charge in [0.2, 0.25) is 0 Å². The van der Waals surface area contributed by atoms with Gasteiger partial charge in [0.25, 0.3) is 0 Å². The van der Waals surface area contributed by atoms with Crippen LogP contribution in [0.4, 0.5) is 10.1 Å². The van der Waals surface area contributed by atoms with Crippen molar-refractivity contribution in [2.24, 2.45) is 12.0 Å². The number of aliphatic imine (C=N–C) groups is 1. The van der Waals surface area contributed by atoms with Crippen molar-refractivity contribution in [1.82, 2.24) is 25.4 Å². The number of piperidine rings is 1. The van der Waals surface area contributed by atoms with E-state index >= 15 is 0 Å². The number of unbranched alkanes of at least 4 members (excludes halogenated alkanes) is 1. The second-order valence-electron chi connectivity index (χ2n) is 7.58. The van der Waals surface area contributed by atoms with Crippen LogP contribution in [0.25, 0.3) is 0 Å². The second kappa shape index (κ2) is 10.2. The van der Waals surface area contributed by atoms with Crippen molar-refractivity contribution in [1.29, 1.82) is 0 Å². The first-order valence-electron chi connectivity index (χ1n) is 10.5. The van der Waals surface area contributed by atoms with Crippen molar-refractivity contribution < 1.29 is 4.39 Å². The molecule has 1 aliphatic heterocycles. The van der Waals surface area contributed by atoms with Gasteiger partial charge in [0.1, 0.15) is 18.2 Å². The molecule has 1 aliphatic rings. The van der Waals surface area contributed by atoms with Gasteiger partial charge in [-0.2, -0.15) is 0 Å². The lowest BCUT2D eigenvalue weighted by Gasteiger charge is -2.35. The Morgan fingerprint density at radius 1 is 1.34 bits per heavy atom. The fourth-order valence-corrected chi connectivity index (χ4v) is 3.47. The van der Waals surface area contributed by atoms with Crippen molar-refractivity contribution in [3.8, 4) is 0 Å². The number of benzene rings is 1. The number of hydrogen-bond donors (Lipinski definition) is 2. The predicted molar refractivity (Wildman–Crippen MR) is 115 cm³/mol. The van der Waals surface area contributed by atoms with Crippen LogP contribution in [0, 0.1) is 12.7 Å². The molecule has 7 nitrogen and oxygen atoms in total. The number of halogens is 1. The average Bonchev–Trinajstić information content (AvgIpc) is 3.04. The van der Waals surface area contributed by atoms with E-state index in [1.807, 2.05) is 24.6 Å². The molecule has 1 atom stereocenters. The Kier molecular flexibility index (Phi) is 7.43. The number of rotatable bonds is 7. The van der Waals surface area contributed by atoms with E-state index in [1.54, 1.807) is 12.1 Å². The molecule has 2 aromatic rings. The molecule has 0 amide bonds. The highest BCUT2D eigenvalue weighted by Gasteiger charge is 2.21. The zero-order chi connectivity index (χ0) is 20.6. The number of aromatic nitrogens is 3. The van der Waals surface area contributed by atoms with E-state index in [0.29, 0.717) is 6.54 Å². The SMILES string of the molecule is CCCCNC(=NCc1nnc(C)n1C)NC1CCCN(c2cccc(F)c2)C1. The third-order valence-corrected chi connectivity index (χ3v) is 5.32. The summed E-state index contributed by atoms with van der Waals surface area (Å²) in [5, 5.41) is 15.3. The van der Waals surface area contributed by atoms with Crippen molar-refractivity contribution in [2.75, 3.05) is 24.5 Å². The van der Waals surface area contributed by atoms with Crippen LogP contribution in [0.5, 0.6) is 0 Å². The van der Waals surface area contributed by atoms with Crippen LogP contribution in [-0.2, 0) is 13.6 Å². The van der Waals surface area contributed by atoms with Gasteiger partial charge in [-0.25, -0.2) is 9.38 Å². The van der Waals surface area contributed by atoms with Crippen LogP contribution >= 0.6 is 0 Å². The van der Waals surface area contributed by atoms with Crippen molar-refractivity contribution in [3.05, 3.63) is 41.7 Å². The Morgan fingerprint density at radius 2 is 2.21 bits per heavy atom. The molecule has 158 valence electrons. The first-order chi connectivity index (χ1) is 14.1. The van der Waals surface area contributed by atoms with E-state index in [9.17, 15) is 4.39 Å². The van der Waals surface area contributed by atoms with Gasteiger partial charge in [-0.05, 0) is 44.4 Å². The van der Waals surface area contributed by atoms with Gasteiger partial charge in [-0.15, -0.1) is 10.2 Å². The zero-order valence-corrected chi connectivity index (χ0v) is 17.7. The van der Waals surface area contributed by atoms with Gasteiger partial charge in [0.15, 0.2) is 11.8 Å². The first kappa shape index (κ1) is 21.1. The smallest absolute Gasteiger partial charge is 0.191 e. The Hall–Kier alpha value is -2.64. The minimum absolute atomic E-state index is 0.194. The van der Waals surface area contributed by atoms with Crippen molar-refractivity contribution in [3.63, 3.8) is 0 Å². The van der Waals surface area contributed by atoms with Gasteiger partial charge >= 0.3 is 0 Å². The molecular weight excluding hydrogens is 369 g/mol. The Morgan fingerprint density at radius 3 is 2.93 bits per heavy atom. The molecule has 1 fully saturated rings. The lowest BCUT2D eigenvalue weighted by atomic mass is 10.0. The molecule has 0 aliphatic carbocycles. The molecule has 29 heavy (non-hydrogen) atoms. The van der Waals surface area contributed by atoms with Crippen LogP contribution < -0.4 is 15.5 Å². The Bertz CT molecular complexity index is 817. The number of nitrogens with one attached hydrogen (secondary N) is 2. The van der Waals surface area contributed by atoms with Gasteiger partial charge in [-0.1, -0.05) is 19.4 Å². The lowest BCUT2D eigenvalue weighted by molar-refractivity contribution is 0.466. The predicted octanol–water partition coefficient (Wildman–Crippen LogP) is 2.77. The number of hydrogen-bond acceptors (Lipinski definition) is 4. The molecule has 1 aromatic heterocycles. The molecule has 1 aromatic carbocycles. The highest BCUT2D eigenvalue weighted by Crippen LogP contribution is 2.20. The fourth-order valence-electron chi connectivity index (χ4n) is 3.47. The Balaban J connectivity index is 1.65. The molecule has 0 saturated carbocycles. The summed E-state index contributed by atoms with van der Waals surface area (Å²) < 4.78 is 15.6. The summed E-state index contributed by atoms with van der Waals surface area (Å²) in [6.07, 6.45) is 4.33. The van der Waals surface area contributed by atoms with Crippen molar-refractivity contribution >= 4 is 11.6 Å². The third-order valence-electron chi connectivity index (χ3n) is 5.32. The van der Waals surface area contributed by atoms with Crippen molar-refractivity contribution in [2.45, 2.75) is 52.1 Å². The molecule has 8 heteroatoms. The van der Waals surface area contributed by atoms with E-state index in [-0.39, 0.29) is 11.9 Å². The molecule has 1 unspecified atom stereocenters. The maximum Gasteiger partial charge on any atom is 0.191 e. The normalized spacial score (nSPS) is 17.4. The Labute approximate surface area is 172 Å². The van der Waals surface area contributed by atoms with Crippen LogP contribution in [0.2, 0.25) is 0 Å². The first-order valence-corrected chi connectivity index (χ1v) is 10.5. The number of aryl methyl sites for hydroxylation is 1. The summed E-state index contributed by atoms with van der Waals surface area (Å²) in [5.41, 5.74) is 0.934. The maximum atomic E-state index is 13.6. The molecule has 3 rings (SSSR count). The van der Waals surface area contributed by atoms with E-state index in [1.165, 1.54) is 6.07 Å². The van der Waals surface area contributed by atoms with Gasteiger partial charge in [-0.3, -0.25) is 0 Å². The molecule has 0 radical (unpaired) electrons. The highest BCUT2D eigenvalue weighted by atomic mass is 19.1. The van der Waals surface area contributed by atoms with Gasteiger partial charge < -0.3 is 20.1 Å². The monoisotopic (exact) mass is 401 g/mol. The summed E-state index contributed by atoms with van der Waals surface area (Å²) in [6.45, 7) is 7.21. The molecule has 0 bridgehead atoms. The number of nitrogens with zero attached hydrogens (tertiary/aromatic N) is 5. The largest absolute Gasteiger partial charge is 0.369 e.